The number of likely N-dealkylation sites (tertiary alicyclic amines) is 1. The van der Waals surface area contributed by atoms with Crippen molar-refractivity contribution in [3.8, 4) is 0 Å². The maximum Gasteiger partial charge on any atom is 0.307 e. The third kappa shape index (κ3) is 3.29. The van der Waals surface area contributed by atoms with E-state index in [1.54, 1.807) is 0 Å². The summed E-state index contributed by atoms with van der Waals surface area (Å²) in [6.45, 7) is 5.19. The number of nitrogens with one attached hydrogen (secondary N) is 1. The maximum absolute atomic E-state index is 11.3. The van der Waals surface area contributed by atoms with Gasteiger partial charge in [-0.2, -0.15) is 0 Å². The van der Waals surface area contributed by atoms with Crippen molar-refractivity contribution in [1.82, 2.24) is 10.2 Å². The van der Waals surface area contributed by atoms with Crippen LogP contribution in [0.5, 0.6) is 0 Å². The molecule has 4 nitrogen and oxygen atoms in total. The molecule has 1 saturated heterocycles. The second-order valence-electron chi connectivity index (χ2n) is 7.00. The third-order valence-electron chi connectivity index (χ3n) is 5.09. The molecule has 19 heavy (non-hydrogen) atoms. The van der Waals surface area contributed by atoms with E-state index in [0.29, 0.717) is 12.1 Å². The fraction of sp³-hybridized carbons (Fsp3) is 0.933. The van der Waals surface area contributed by atoms with Crippen LogP contribution in [-0.2, 0) is 4.79 Å². The molecule has 0 radical (unpaired) electrons. The zero-order chi connectivity index (χ0) is 13.4. The number of aliphatic carboxylic acids is 1. The van der Waals surface area contributed by atoms with Gasteiger partial charge < -0.3 is 10.4 Å². The predicted octanol–water partition coefficient (Wildman–Crippen LogP) is 1.56. The van der Waals surface area contributed by atoms with Crippen molar-refractivity contribution in [3.63, 3.8) is 0 Å². The molecule has 0 aromatic carbocycles. The van der Waals surface area contributed by atoms with E-state index in [1.165, 1.54) is 25.7 Å². The van der Waals surface area contributed by atoms with Gasteiger partial charge in [0.05, 0.1) is 5.92 Å². The second kappa shape index (κ2) is 5.41. The molecule has 0 aromatic heterocycles. The number of carbonyl (C=O) groups is 1. The van der Waals surface area contributed by atoms with Crippen LogP contribution < -0.4 is 5.32 Å². The zero-order valence-electron chi connectivity index (χ0n) is 11.8. The van der Waals surface area contributed by atoms with Gasteiger partial charge in [-0.05, 0) is 50.5 Å². The van der Waals surface area contributed by atoms with Crippen LogP contribution in [0.4, 0.5) is 0 Å². The third-order valence-corrected chi connectivity index (χ3v) is 5.09. The van der Waals surface area contributed by atoms with Gasteiger partial charge in [-0.25, -0.2) is 0 Å². The molecule has 108 valence electrons. The maximum atomic E-state index is 11.3. The smallest absolute Gasteiger partial charge is 0.307 e. The summed E-state index contributed by atoms with van der Waals surface area (Å²) >= 11 is 0. The Morgan fingerprint density at radius 2 is 2.00 bits per heavy atom. The van der Waals surface area contributed by atoms with Crippen molar-refractivity contribution in [2.24, 2.45) is 17.8 Å². The summed E-state index contributed by atoms with van der Waals surface area (Å²) in [6, 6.07) is 1.02. The first-order valence-electron chi connectivity index (χ1n) is 7.82. The number of carboxylic acid groups (broad SMARTS) is 1. The van der Waals surface area contributed by atoms with Crippen LogP contribution in [0.1, 0.15) is 39.0 Å². The minimum atomic E-state index is -0.615. The Morgan fingerprint density at radius 1 is 1.26 bits per heavy atom. The van der Waals surface area contributed by atoms with Crippen LogP contribution in [-0.4, -0.2) is 47.7 Å². The molecule has 1 aliphatic heterocycles. The van der Waals surface area contributed by atoms with Gasteiger partial charge in [-0.1, -0.05) is 6.92 Å². The van der Waals surface area contributed by atoms with Gasteiger partial charge in [-0.3, -0.25) is 9.69 Å². The van der Waals surface area contributed by atoms with Crippen LogP contribution in [0.15, 0.2) is 0 Å². The Balaban J connectivity index is 1.55. The highest BCUT2D eigenvalue weighted by Gasteiger charge is 2.38. The molecule has 2 saturated carbocycles. The van der Waals surface area contributed by atoms with E-state index >= 15 is 0 Å². The summed E-state index contributed by atoms with van der Waals surface area (Å²) in [5.74, 6) is 0.895. The lowest BCUT2D eigenvalue weighted by atomic mass is 9.79. The van der Waals surface area contributed by atoms with E-state index in [4.69, 9.17) is 0 Å². The first-order chi connectivity index (χ1) is 9.11. The van der Waals surface area contributed by atoms with Crippen molar-refractivity contribution in [2.75, 3.05) is 19.6 Å². The van der Waals surface area contributed by atoms with Gasteiger partial charge in [0.15, 0.2) is 0 Å². The largest absolute Gasteiger partial charge is 0.481 e. The molecule has 2 unspecified atom stereocenters. The Bertz CT molecular complexity index is 337. The molecule has 0 spiro atoms. The number of nitrogens with zero attached hydrogens (tertiary/aromatic N) is 1. The number of carboxylic acids is 1. The van der Waals surface area contributed by atoms with E-state index in [9.17, 15) is 9.90 Å². The van der Waals surface area contributed by atoms with E-state index in [1.807, 2.05) is 0 Å². The van der Waals surface area contributed by atoms with Gasteiger partial charge in [0, 0.05) is 25.2 Å². The quantitative estimate of drug-likeness (QED) is 0.793. The van der Waals surface area contributed by atoms with Gasteiger partial charge in [0.1, 0.15) is 0 Å². The Kier molecular flexibility index (Phi) is 3.81. The van der Waals surface area contributed by atoms with Gasteiger partial charge >= 0.3 is 5.97 Å². The van der Waals surface area contributed by atoms with Crippen molar-refractivity contribution in [3.05, 3.63) is 0 Å². The summed E-state index contributed by atoms with van der Waals surface area (Å²) in [7, 11) is 0. The summed E-state index contributed by atoms with van der Waals surface area (Å²) in [5, 5.41) is 12.9. The molecule has 3 aliphatic rings. The number of hydrogen-bond donors (Lipinski definition) is 2. The topological polar surface area (TPSA) is 52.6 Å². The highest BCUT2D eigenvalue weighted by molar-refractivity contribution is 5.70. The Labute approximate surface area is 115 Å². The van der Waals surface area contributed by atoms with Crippen molar-refractivity contribution < 1.29 is 9.90 Å². The zero-order valence-corrected chi connectivity index (χ0v) is 11.8. The van der Waals surface area contributed by atoms with Crippen LogP contribution in [0.3, 0.4) is 0 Å². The molecule has 4 heteroatoms. The molecule has 3 fully saturated rings. The summed E-state index contributed by atoms with van der Waals surface area (Å²) < 4.78 is 0. The highest BCUT2D eigenvalue weighted by atomic mass is 16.4. The van der Waals surface area contributed by atoms with Gasteiger partial charge in [0.2, 0.25) is 0 Å². The molecular formula is C15H26N2O2. The number of hydrogen-bond acceptors (Lipinski definition) is 3. The Morgan fingerprint density at radius 3 is 2.58 bits per heavy atom. The molecule has 2 aliphatic carbocycles. The molecule has 2 atom stereocenters. The lowest BCUT2D eigenvalue weighted by Crippen LogP contribution is -2.56. The molecule has 1 heterocycles. The monoisotopic (exact) mass is 266 g/mol. The summed E-state index contributed by atoms with van der Waals surface area (Å²) in [6.07, 6.45) is 6.02. The SMILES string of the molecule is CC1CC(N2CC(NCC3CC3)CC(C(=O)O)C2)C1. The van der Waals surface area contributed by atoms with Crippen molar-refractivity contribution in [1.29, 1.82) is 0 Å². The minimum absolute atomic E-state index is 0.179. The number of piperidine rings is 1. The van der Waals surface area contributed by atoms with E-state index < -0.39 is 5.97 Å². The number of rotatable bonds is 5. The second-order valence-corrected chi connectivity index (χ2v) is 7.00. The molecule has 0 aromatic rings. The predicted molar refractivity (Wildman–Crippen MR) is 74.0 cm³/mol. The first kappa shape index (κ1) is 13.4. The highest BCUT2D eigenvalue weighted by Crippen LogP contribution is 2.34. The van der Waals surface area contributed by atoms with Crippen LogP contribution in [0.2, 0.25) is 0 Å². The van der Waals surface area contributed by atoms with Gasteiger partial charge in [-0.15, -0.1) is 0 Å². The van der Waals surface area contributed by atoms with E-state index in [0.717, 1.165) is 37.9 Å². The van der Waals surface area contributed by atoms with Gasteiger partial charge in [0.25, 0.3) is 0 Å². The van der Waals surface area contributed by atoms with Crippen LogP contribution >= 0.6 is 0 Å². The lowest BCUT2D eigenvalue weighted by molar-refractivity contribution is -0.144. The minimum Gasteiger partial charge on any atom is -0.481 e. The van der Waals surface area contributed by atoms with Crippen molar-refractivity contribution >= 4 is 5.97 Å². The molecule has 3 rings (SSSR count). The standard InChI is InChI=1S/C15H26N2O2/c1-10-4-14(5-10)17-8-12(15(18)19)6-13(9-17)16-7-11-2-3-11/h10-14,16H,2-9H2,1H3,(H,18,19). The molecular weight excluding hydrogens is 240 g/mol. The molecule has 2 N–H and O–H groups in total. The van der Waals surface area contributed by atoms with E-state index in [-0.39, 0.29) is 5.92 Å². The molecule has 0 amide bonds. The first-order valence-corrected chi connectivity index (χ1v) is 7.82. The van der Waals surface area contributed by atoms with E-state index in [2.05, 4.69) is 17.1 Å². The lowest BCUT2D eigenvalue weighted by Gasteiger charge is -2.47. The fourth-order valence-corrected chi connectivity index (χ4v) is 3.57. The van der Waals surface area contributed by atoms with Crippen LogP contribution in [0, 0.1) is 17.8 Å². The van der Waals surface area contributed by atoms with Crippen molar-refractivity contribution in [2.45, 2.75) is 51.1 Å². The fourth-order valence-electron chi connectivity index (χ4n) is 3.57. The average molecular weight is 266 g/mol. The average Bonchev–Trinajstić information content (AvgIpc) is 3.16. The summed E-state index contributed by atoms with van der Waals surface area (Å²) in [5.41, 5.74) is 0. The molecule has 0 bridgehead atoms. The van der Waals surface area contributed by atoms with Crippen LogP contribution in [0.25, 0.3) is 0 Å². The normalized spacial score (nSPS) is 39.8. The Hall–Kier alpha value is -0.610. The summed E-state index contributed by atoms with van der Waals surface area (Å²) in [4.78, 5) is 13.8.